The molecule has 0 aliphatic carbocycles. The number of carbonyl (C=O) groups is 1. The van der Waals surface area contributed by atoms with Gasteiger partial charge < -0.3 is 14.5 Å². The normalized spacial score (nSPS) is 16.2. The van der Waals surface area contributed by atoms with Crippen molar-refractivity contribution < 1.29 is 18.3 Å². The van der Waals surface area contributed by atoms with Crippen molar-refractivity contribution in [2.75, 3.05) is 32.8 Å². The van der Waals surface area contributed by atoms with Gasteiger partial charge in [-0.15, -0.1) is 0 Å². The zero-order valence-corrected chi connectivity index (χ0v) is 15.7. The molecule has 1 unspecified atom stereocenters. The van der Waals surface area contributed by atoms with Crippen LogP contribution in [-0.4, -0.2) is 48.6 Å². The fourth-order valence-electron chi connectivity index (χ4n) is 3.62. The maximum Gasteiger partial charge on any atom is 0.287 e. The monoisotopic (exact) mass is 383 g/mol. The Kier molecular flexibility index (Phi) is 5.36. The molecule has 1 aliphatic rings. The van der Waals surface area contributed by atoms with Crippen LogP contribution >= 0.6 is 0 Å². The summed E-state index contributed by atoms with van der Waals surface area (Å²) in [5, 5.41) is 3.56. The number of pyridine rings is 1. The highest BCUT2D eigenvalue weighted by atomic mass is 19.1. The lowest BCUT2D eigenvalue weighted by Gasteiger charge is -2.34. The Hall–Kier alpha value is -2.77. The summed E-state index contributed by atoms with van der Waals surface area (Å²) in [6.45, 7) is 5.04. The number of furan rings is 1. The van der Waals surface area contributed by atoms with E-state index in [1.807, 2.05) is 18.3 Å². The number of aromatic nitrogens is 1. The molecular weight excluding hydrogens is 361 g/mol. The van der Waals surface area contributed by atoms with Crippen LogP contribution in [0.15, 0.2) is 47.1 Å². The number of carbonyl (C=O) groups excluding carboxylic acids is 1. The number of aryl methyl sites for hydroxylation is 1. The maximum absolute atomic E-state index is 14.0. The predicted molar refractivity (Wildman–Crippen MR) is 103 cm³/mol. The van der Waals surface area contributed by atoms with Crippen molar-refractivity contribution in [3.8, 4) is 0 Å². The highest BCUT2D eigenvalue weighted by Crippen LogP contribution is 2.27. The van der Waals surface area contributed by atoms with Gasteiger partial charge in [0.2, 0.25) is 0 Å². The van der Waals surface area contributed by atoms with Crippen LogP contribution in [0.3, 0.4) is 0 Å². The first-order chi connectivity index (χ1) is 13.6. The summed E-state index contributed by atoms with van der Waals surface area (Å²) < 4.78 is 25.0. The largest absolute Gasteiger partial charge is 0.448 e. The molecule has 4 rings (SSSR count). The minimum absolute atomic E-state index is 0.0250. The molecule has 0 radical (unpaired) electrons. The topological polar surface area (TPSA) is 67.6 Å². The number of halogens is 1. The summed E-state index contributed by atoms with van der Waals surface area (Å²) in [5.74, 6) is -0.677. The fourth-order valence-corrected chi connectivity index (χ4v) is 3.62. The van der Waals surface area contributed by atoms with Crippen LogP contribution in [0.25, 0.3) is 11.0 Å². The first-order valence-electron chi connectivity index (χ1n) is 9.32. The zero-order chi connectivity index (χ0) is 19.5. The Morgan fingerprint density at radius 1 is 1.29 bits per heavy atom. The standard InChI is InChI=1S/C21H22FN3O3/c1-14-16-5-2-6-17(22)20(16)28-19(14)21(26)24-13-18(15-4-3-7-23-12-15)25-8-10-27-11-9-25/h2-7,12,18H,8-11,13H2,1H3,(H,24,26). The van der Waals surface area contributed by atoms with E-state index in [0.29, 0.717) is 30.7 Å². The van der Waals surface area contributed by atoms with Crippen LogP contribution in [0.2, 0.25) is 0 Å². The van der Waals surface area contributed by atoms with E-state index in [-0.39, 0.29) is 23.3 Å². The minimum Gasteiger partial charge on any atom is -0.448 e. The van der Waals surface area contributed by atoms with Gasteiger partial charge in [0.1, 0.15) is 0 Å². The molecule has 7 heteroatoms. The molecule has 1 atom stereocenters. The molecule has 146 valence electrons. The summed E-state index contributed by atoms with van der Waals surface area (Å²) in [4.78, 5) is 19.3. The molecule has 0 saturated carbocycles. The molecule has 1 amide bonds. The molecule has 3 heterocycles. The molecule has 2 aromatic heterocycles. The molecule has 3 aromatic rings. The lowest BCUT2D eigenvalue weighted by molar-refractivity contribution is 0.0161. The highest BCUT2D eigenvalue weighted by molar-refractivity contribution is 5.99. The fraction of sp³-hybridized carbons (Fsp3) is 0.333. The number of fused-ring (bicyclic) bond motifs is 1. The Bertz CT molecular complexity index is 968. The van der Waals surface area contributed by atoms with Crippen molar-refractivity contribution in [1.82, 2.24) is 15.2 Å². The third-order valence-corrected chi connectivity index (χ3v) is 5.13. The third kappa shape index (κ3) is 3.63. The van der Waals surface area contributed by atoms with Gasteiger partial charge in [0.25, 0.3) is 5.91 Å². The van der Waals surface area contributed by atoms with Crippen molar-refractivity contribution in [2.45, 2.75) is 13.0 Å². The average Bonchev–Trinajstić information content (AvgIpc) is 3.08. The number of ether oxygens (including phenoxy) is 1. The van der Waals surface area contributed by atoms with Crippen LogP contribution in [0.1, 0.15) is 27.7 Å². The zero-order valence-electron chi connectivity index (χ0n) is 15.7. The number of para-hydroxylation sites is 1. The third-order valence-electron chi connectivity index (χ3n) is 5.13. The smallest absolute Gasteiger partial charge is 0.287 e. The molecule has 0 spiro atoms. The van der Waals surface area contributed by atoms with E-state index in [2.05, 4.69) is 15.2 Å². The van der Waals surface area contributed by atoms with Gasteiger partial charge in [0.15, 0.2) is 17.2 Å². The number of morpholine rings is 1. The highest BCUT2D eigenvalue weighted by Gasteiger charge is 2.25. The lowest BCUT2D eigenvalue weighted by Crippen LogP contribution is -2.43. The van der Waals surface area contributed by atoms with Crippen LogP contribution in [0.4, 0.5) is 4.39 Å². The molecule has 1 N–H and O–H groups in total. The average molecular weight is 383 g/mol. The minimum atomic E-state index is -0.471. The SMILES string of the molecule is Cc1c(C(=O)NCC(c2cccnc2)N2CCOCC2)oc2c(F)cccc12. The molecular formula is C21H22FN3O3. The maximum atomic E-state index is 14.0. The van der Waals surface area contributed by atoms with Gasteiger partial charge >= 0.3 is 0 Å². The molecule has 0 bridgehead atoms. The number of hydrogen-bond acceptors (Lipinski definition) is 5. The van der Waals surface area contributed by atoms with Crippen LogP contribution in [0, 0.1) is 12.7 Å². The van der Waals surface area contributed by atoms with Crippen molar-refractivity contribution in [1.29, 1.82) is 0 Å². The van der Waals surface area contributed by atoms with Crippen LogP contribution in [-0.2, 0) is 4.74 Å². The van der Waals surface area contributed by atoms with Gasteiger partial charge in [-0.25, -0.2) is 4.39 Å². The van der Waals surface area contributed by atoms with E-state index in [1.165, 1.54) is 6.07 Å². The second-order valence-electron chi connectivity index (χ2n) is 6.83. The van der Waals surface area contributed by atoms with E-state index < -0.39 is 5.82 Å². The van der Waals surface area contributed by atoms with Crippen molar-refractivity contribution in [2.24, 2.45) is 0 Å². The Balaban J connectivity index is 1.54. The number of hydrogen-bond donors (Lipinski definition) is 1. The predicted octanol–water partition coefficient (Wildman–Crippen LogP) is 3.08. The second kappa shape index (κ2) is 8.08. The summed E-state index contributed by atoms with van der Waals surface area (Å²) in [5.41, 5.74) is 1.77. The number of nitrogens with zero attached hydrogens (tertiary/aromatic N) is 2. The van der Waals surface area contributed by atoms with E-state index in [1.54, 1.807) is 25.3 Å². The Labute approximate surface area is 162 Å². The first kappa shape index (κ1) is 18.6. The van der Waals surface area contributed by atoms with Crippen molar-refractivity contribution in [3.63, 3.8) is 0 Å². The van der Waals surface area contributed by atoms with E-state index in [0.717, 1.165) is 18.7 Å². The lowest BCUT2D eigenvalue weighted by atomic mass is 10.1. The van der Waals surface area contributed by atoms with Crippen molar-refractivity contribution in [3.05, 3.63) is 65.4 Å². The van der Waals surface area contributed by atoms with Gasteiger partial charge in [0, 0.05) is 43.0 Å². The quantitative estimate of drug-likeness (QED) is 0.733. The summed E-state index contributed by atoms with van der Waals surface area (Å²) in [6, 6.07) is 8.55. The molecule has 1 aromatic carbocycles. The molecule has 1 saturated heterocycles. The second-order valence-corrected chi connectivity index (χ2v) is 6.83. The van der Waals surface area contributed by atoms with Crippen LogP contribution in [0.5, 0.6) is 0 Å². The number of rotatable bonds is 5. The van der Waals surface area contributed by atoms with Gasteiger partial charge in [0.05, 0.1) is 19.3 Å². The number of benzene rings is 1. The summed E-state index contributed by atoms with van der Waals surface area (Å²) in [7, 11) is 0. The van der Waals surface area contributed by atoms with E-state index in [4.69, 9.17) is 9.15 Å². The van der Waals surface area contributed by atoms with Gasteiger partial charge in [-0.05, 0) is 24.6 Å². The van der Waals surface area contributed by atoms with Gasteiger partial charge in [-0.3, -0.25) is 14.7 Å². The Morgan fingerprint density at radius 2 is 2.11 bits per heavy atom. The summed E-state index contributed by atoms with van der Waals surface area (Å²) >= 11 is 0. The van der Waals surface area contributed by atoms with E-state index >= 15 is 0 Å². The van der Waals surface area contributed by atoms with Gasteiger partial charge in [-0.2, -0.15) is 0 Å². The number of amides is 1. The summed E-state index contributed by atoms with van der Waals surface area (Å²) in [6.07, 6.45) is 3.54. The Morgan fingerprint density at radius 3 is 2.82 bits per heavy atom. The van der Waals surface area contributed by atoms with E-state index in [9.17, 15) is 9.18 Å². The first-order valence-corrected chi connectivity index (χ1v) is 9.32. The number of nitrogens with one attached hydrogen (secondary N) is 1. The van der Waals surface area contributed by atoms with Crippen molar-refractivity contribution >= 4 is 16.9 Å². The molecule has 1 aliphatic heterocycles. The molecule has 6 nitrogen and oxygen atoms in total. The van der Waals surface area contributed by atoms with Crippen LogP contribution < -0.4 is 5.32 Å². The molecule has 1 fully saturated rings. The van der Waals surface area contributed by atoms with Gasteiger partial charge in [-0.1, -0.05) is 18.2 Å². The molecule has 28 heavy (non-hydrogen) atoms.